The fourth-order valence-electron chi connectivity index (χ4n) is 5.20. The van der Waals surface area contributed by atoms with E-state index >= 15 is 0 Å². The summed E-state index contributed by atoms with van der Waals surface area (Å²) < 4.78 is 0. The molecule has 0 aliphatic heterocycles. The first-order chi connectivity index (χ1) is 22.8. The molecule has 0 nitrogen and oxygen atoms in total. The lowest BCUT2D eigenvalue weighted by Crippen LogP contribution is -2.18. The number of aryl methyl sites for hydroxylation is 8. The van der Waals surface area contributed by atoms with Crippen LogP contribution in [0.5, 0.6) is 0 Å². The highest BCUT2D eigenvalue weighted by molar-refractivity contribution is 5.39. The quantitative estimate of drug-likeness (QED) is 0.178. The van der Waals surface area contributed by atoms with Crippen molar-refractivity contribution in [3.05, 3.63) is 212 Å². The zero-order valence-corrected chi connectivity index (χ0v) is 31.1. The molecule has 6 aromatic carbocycles. The van der Waals surface area contributed by atoms with E-state index in [1.54, 1.807) is 0 Å². The van der Waals surface area contributed by atoms with Crippen molar-refractivity contribution in [1.82, 2.24) is 0 Å². The first kappa shape index (κ1) is 40.5. The molecular formula is C49H60. The molecular weight excluding hydrogens is 589 g/mol. The lowest BCUT2D eigenvalue weighted by Gasteiger charge is -2.26. The third-order valence-electron chi connectivity index (χ3n) is 8.59. The van der Waals surface area contributed by atoms with Crippen LogP contribution >= 0.6 is 0 Å². The second-order valence-electron chi connectivity index (χ2n) is 13.8. The van der Waals surface area contributed by atoms with Gasteiger partial charge in [0, 0.05) is 5.41 Å². The maximum Gasteiger partial charge on any atom is 0.0146 e. The van der Waals surface area contributed by atoms with Crippen molar-refractivity contribution in [3.8, 4) is 0 Å². The molecule has 0 aliphatic carbocycles. The van der Waals surface area contributed by atoms with Crippen LogP contribution in [-0.4, -0.2) is 0 Å². The van der Waals surface area contributed by atoms with Gasteiger partial charge in [0.25, 0.3) is 0 Å². The Bertz CT molecular complexity index is 1640. The minimum atomic E-state index is 0. The van der Waals surface area contributed by atoms with Crippen molar-refractivity contribution in [2.75, 3.05) is 0 Å². The molecule has 0 unspecified atom stereocenters. The Balaban J connectivity index is 0.000000237. The predicted molar refractivity (Wildman–Crippen MR) is 218 cm³/mol. The maximum absolute atomic E-state index is 2.28. The largest absolute Gasteiger partial charge is 0.0776 e. The van der Waals surface area contributed by atoms with Crippen LogP contribution in [0.3, 0.4) is 0 Å². The summed E-state index contributed by atoms with van der Waals surface area (Å²) in [6, 6.07) is 52.1. The molecule has 0 amide bonds. The van der Waals surface area contributed by atoms with Gasteiger partial charge in [0.1, 0.15) is 0 Å². The second kappa shape index (κ2) is 20.0. The summed E-state index contributed by atoms with van der Waals surface area (Å²) in [6.07, 6.45) is 1.03. The number of benzene rings is 6. The van der Waals surface area contributed by atoms with Crippen LogP contribution < -0.4 is 0 Å². The topological polar surface area (TPSA) is 0 Å². The van der Waals surface area contributed by atoms with Crippen LogP contribution in [0.4, 0.5) is 0 Å². The summed E-state index contributed by atoms with van der Waals surface area (Å²) >= 11 is 0. The second-order valence-corrected chi connectivity index (χ2v) is 13.8. The van der Waals surface area contributed by atoms with E-state index in [4.69, 9.17) is 0 Å². The van der Waals surface area contributed by atoms with Crippen LogP contribution in [-0.2, 0) is 11.8 Å². The summed E-state index contributed by atoms with van der Waals surface area (Å²) in [4.78, 5) is 0. The smallest absolute Gasteiger partial charge is 0.0146 e. The van der Waals surface area contributed by atoms with Crippen molar-refractivity contribution >= 4 is 0 Å². The minimum absolute atomic E-state index is 0. The Kier molecular flexibility index (Phi) is 16.5. The van der Waals surface area contributed by atoms with Gasteiger partial charge in [0.2, 0.25) is 0 Å². The van der Waals surface area contributed by atoms with Crippen LogP contribution in [0.15, 0.2) is 146 Å². The molecule has 0 heterocycles. The normalized spacial score (nSPS) is 10.2. The molecule has 6 aromatic rings. The molecule has 0 saturated heterocycles. The summed E-state index contributed by atoms with van der Waals surface area (Å²) in [5.74, 6) is 0. The highest BCUT2D eigenvalue weighted by Crippen LogP contribution is 2.31. The monoisotopic (exact) mass is 648 g/mol. The Morgan fingerprint density at radius 3 is 0.816 bits per heavy atom. The van der Waals surface area contributed by atoms with Gasteiger partial charge in [-0.05, 0) is 84.1 Å². The molecule has 0 aliphatic rings. The molecule has 0 heteroatoms. The molecule has 0 fully saturated rings. The van der Waals surface area contributed by atoms with Gasteiger partial charge in [-0.25, -0.2) is 0 Å². The highest BCUT2D eigenvalue weighted by atomic mass is 14.3. The van der Waals surface area contributed by atoms with E-state index in [2.05, 4.69) is 215 Å². The van der Waals surface area contributed by atoms with Gasteiger partial charge in [-0.1, -0.05) is 211 Å². The van der Waals surface area contributed by atoms with E-state index in [0.29, 0.717) is 0 Å². The summed E-state index contributed by atoms with van der Waals surface area (Å²) in [5.41, 5.74) is 16.2. The minimum Gasteiger partial charge on any atom is -0.0776 e. The van der Waals surface area contributed by atoms with E-state index in [-0.39, 0.29) is 12.8 Å². The van der Waals surface area contributed by atoms with Gasteiger partial charge in [-0.2, -0.15) is 0 Å². The summed E-state index contributed by atoms with van der Waals surface area (Å²) in [6.45, 7) is 21.5. The molecule has 0 saturated carbocycles. The van der Waals surface area contributed by atoms with Gasteiger partial charge in [-0.3, -0.25) is 0 Å². The molecule has 0 spiro atoms. The highest BCUT2D eigenvalue weighted by Gasteiger charge is 2.22. The van der Waals surface area contributed by atoms with Crippen LogP contribution in [0.2, 0.25) is 0 Å². The molecule has 49 heavy (non-hydrogen) atoms. The van der Waals surface area contributed by atoms with E-state index in [1.807, 2.05) is 0 Å². The summed E-state index contributed by atoms with van der Waals surface area (Å²) in [5, 5.41) is 0. The standard InChI is InChI=1S/C17H20.C15H16.2C8H10.CH4/c1-13-5-9-15(10-6-13)17(3,4)16-11-7-14(2)8-12-16;1-12-3-7-14(8-4-12)11-15-9-5-13(2)6-10-15;1-7-3-5-8(2)6-4-7;1-7-4-3-5-8(2)6-7;/h5-12H,1-4H3;3-10H,11H2,1-2H3;2*3-6H,1-2H3;1H4. The van der Waals surface area contributed by atoms with Gasteiger partial charge in [-0.15, -0.1) is 0 Å². The lowest BCUT2D eigenvalue weighted by atomic mass is 9.78. The maximum atomic E-state index is 2.28. The zero-order chi connectivity index (χ0) is 35.1. The van der Waals surface area contributed by atoms with Crippen LogP contribution in [0.1, 0.15) is 88.0 Å². The average Bonchev–Trinajstić information content (AvgIpc) is 3.06. The Morgan fingerprint density at radius 1 is 0.327 bits per heavy atom. The third-order valence-corrected chi connectivity index (χ3v) is 8.59. The summed E-state index contributed by atoms with van der Waals surface area (Å²) in [7, 11) is 0. The number of rotatable bonds is 4. The zero-order valence-electron chi connectivity index (χ0n) is 31.1. The first-order valence-electron chi connectivity index (χ1n) is 17.1. The van der Waals surface area contributed by atoms with Crippen molar-refractivity contribution in [1.29, 1.82) is 0 Å². The van der Waals surface area contributed by atoms with Gasteiger partial charge in [0.05, 0.1) is 0 Å². The molecule has 0 aromatic heterocycles. The Morgan fingerprint density at radius 2 is 0.571 bits per heavy atom. The van der Waals surface area contributed by atoms with E-state index in [9.17, 15) is 0 Å². The van der Waals surface area contributed by atoms with Crippen LogP contribution in [0.25, 0.3) is 0 Å². The van der Waals surface area contributed by atoms with Crippen LogP contribution in [0, 0.1) is 55.4 Å². The number of hydrogen-bond acceptors (Lipinski definition) is 0. The molecule has 0 radical (unpaired) electrons. The van der Waals surface area contributed by atoms with E-state index < -0.39 is 0 Å². The van der Waals surface area contributed by atoms with Gasteiger partial charge in [0.15, 0.2) is 0 Å². The Labute approximate surface area is 299 Å². The van der Waals surface area contributed by atoms with Crippen molar-refractivity contribution in [3.63, 3.8) is 0 Å². The van der Waals surface area contributed by atoms with Crippen molar-refractivity contribution in [2.24, 2.45) is 0 Å². The van der Waals surface area contributed by atoms with Gasteiger partial charge >= 0.3 is 0 Å². The Hall–Kier alpha value is -4.68. The predicted octanol–water partition coefficient (Wildman–Crippen LogP) is 13.8. The fourth-order valence-corrected chi connectivity index (χ4v) is 5.20. The SMILES string of the molecule is C.Cc1ccc(C(C)(C)c2ccc(C)cc2)cc1.Cc1ccc(C)cc1.Cc1ccc(Cc2ccc(C)cc2)cc1.Cc1cccc(C)c1. The van der Waals surface area contributed by atoms with Gasteiger partial charge < -0.3 is 0 Å². The fraction of sp³-hybridized carbons (Fsp3) is 0.265. The molecule has 0 atom stereocenters. The van der Waals surface area contributed by atoms with E-state index in [1.165, 1.54) is 66.8 Å². The molecule has 256 valence electrons. The number of hydrogen-bond donors (Lipinski definition) is 0. The molecule has 0 bridgehead atoms. The lowest BCUT2D eigenvalue weighted by molar-refractivity contribution is 0.640. The molecule has 0 N–H and O–H groups in total. The molecule has 6 rings (SSSR count). The van der Waals surface area contributed by atoms with Crippen molar-refractivity contribution in [2.45, 2.75) is 88.5 Å². The third kappa shape index (κ3) is 14.5. The average molecular weight is 649 g/mol. The van der Waals surface area contributed by atoms with Crippen molar-refractivity contribution < 1.29 is 0 Å². The first-order valence-corrected chi connectivity index (χ1v) is 17.1. The van der Waals surface area contributed by atoms with E-state index in [0.717, 1.165) is 6.42 Å².